The maximum atomic E-state index is 5.44. The highest BCUT2D eigenvalue weighted by Crippen LogP contribution is 2.06. The van der Waals surface area contributed by atoms with E-state index in [1.54, 1.807) is 0 Å². The van der Waals surface area contributed by atoms with Crippen molar-refractivity contribution in [2.45, 2.75) is 25.6 Å². The second kappa shape index (κ2) is 4.04. The number of ether oxygens (including phenoxy) is 1. The van der Waals surface area contributed by atoms with Gasteiger partial charge in [-0.2, -0.15) is 0 Å². The molecule has 66 valence electrons. The standard InChI is InChI=1S/C8H18N2O/c1-7(10(2)3)6-8-9-4-5-11-8/h7-9H,4-6H2,1-3H3. The van der Waals surface area contributed by atoms with Crippen molar-refractivity contribution in [2.24, 2.45) is 0 Å². The van der Waals surface area contributed by atoms with E-state index in [1.807, 2.05) is 0 Å². The van der Waals surface area contributed by atoms with E-state index in [9.17, 15) is 0 Å². The largest absolute Gasteiger partial charge is 0.362 e. The van der Waals surface area contributed by atoms with Crippen LogP contribution < -0.4 is 5.32 Å². The van der Waals surface area contributed by atoms with E-state index in [0.717, 1.165) is 19.6 Å². The molecule has 1 saturated heterocycles. The summed E-state index contributed by atoms with van der Waals surface area (Å²) in [5, 5.41) is 3.29. The van der Waals surface area contributed by atoms with E-state index in [2.05, 4.69) is 31.2 Å². The van der Waals surface area contributed by atoms with Crippen molar-refractivity contribution in [2.75, 3.05) is 27.2 Å². The van der Waals surface area contributed by atoms with Gasteiger partial charge in [-0.15, -0.1) is 0 Å². The van der Waals surface area contributed by atoms with Crippen molar-refractivity contribution in [1.82, 2.24) is 10.2 Å². The Morgan fingerprint density at radius 2 is 2.36 bits per heavy atom. The molecule has 1 fully saturated rings. The summed E-state index contributed by atoms with van der Waals surface area (Å²) in [6, 6.07) is 0.589. The predicted octanol–water partition coefficient (Wildman–Crippen LogP) is 0.273. The molecule has 0 aromatic carbocycles. The van der Waals surface area contributed by atoms with Crippen molar-refractivity contribution < 1.29 is 4.74 Å². The lowest BCUT2D eigenvalue weighted by atomic mass is 10.2. The fraction of sp³-hybridized carbons (Fsp3) is 1.00. The van der Waals surface area contributed by atoms with Crippen LogP contribution in [0.1, 0.15) is 13.3 Å². The number of hydrogen-bond acceptors (Lipinski definition) is 3. The van der Waals surface area contributed by atoms with Crippen LogP contribution in [0, 0.1) is 0 Å². The fourth-order valence-electron chi connectivity index (χ4n) is 1.15. The van der Waals surface area contributed by atoms with Crippen LogP contribution in [0.2, 0.25) is 0 Å². The van der Waals surface area contributed by atoms with Gasteiger partial charge in [0.1, 0.15) is 6.23 Å². The van der Waals surface area contributed by atoms with Gasteiger partial charge in [-0.3, -0.25) is 5.32 Å². The van der Waals surface area contributed by atoms with Gasteiger partial charge in [0, 0.05) is 19.0 Å². The Bertz CT molecular complexity index is 111. The van der Waals surface area contributed by atoms with Crippen LogP contribution in [-0.4, -0.2) is 44.4 Å². The molecule has 2 atom stereocenters. The van der Waals surface area contributed by atoms with Crippen LogP contribution in [0.3, 0.4) is 0 Å². The molecule has 2 unspecified atom stereocenters. The lowest BCUT2D eigenvalue weighted by Gasteiger charge is -2.22. The summed E-state index contributed by atoms with van der Waals surface area (Å²) in [5.74, 6) is 0. The summed E-state index contributed by atoms with van der Waals surface area (Å²) < 4.78 is 5.44. The summed E-state index contributed by atoms with van der Waals surface area (Å²) in [4.78, 5) is 2.21. The van der Waals surface area contributed by atoms with Crippen molar-refractivity contribution >= 4 is 0 Å². The quantitative estimate of drug-likeness (QED) is 0.638. The highest BCUT2D eigenvalue weighted by molar-refractivity contribution is 4.69. The molecule has 0 radical (unpaired) electrons. The molecular formula is C8H18N2O. The molecule has 0 bridgehead atoms. The van der Waals surface area contributed by atoms with Gasteiger partial charge in [0.05, 0.1) is 6.61 Å². The van der Waals surface area contributed by atoms with E-state index >= 15 is 0 Å². The second-order valence-electron chi connectivity index (χ2n) is 3.36. The first-order valence-corrected chi connectivity index (χ1v) is 4.21. The molecule has 0 amide bonds. The summed E-state index contributed by atoms with van der Waals surface area (Å²) in [6.07, 6.45) is 1.36. The molecule has 0 aliphatic carbocycles. The normalized spacial score (nSPS) is 27.8. The van der Waals surface area contributed by atoms with Gasteiger partial charge in [-0.05, 0) is 21.0 Å². The lowest BCUT2D eigenvalue weighted by Crippen LogP contribution is -2.33. The van der Waals surface area contributed by atoms with Crippen LogP contribution in [0.5, 0.6) is 0 Å². The van der Waals surface area contributed by atoms with Crippen molar-refractivity contribution in [1.29, 1.82) is 0 Å². The molecular weight excluding hydrogens is 140 g/mol. The Labute approximate surface area is 68.7 Å². The molecule has 1 aliphatic heterocycles. The SMILES string of the molecule is CC(CC1NCCO1)N(C)C. The molecule has 11 heavy (non-hydrogen) atoms. The average Bonchev–Trinajstić information content (AvgIpc) is 2.39. The zero-order valence-corrected chi connectivity index (χ0v) is 7.63. The molecule has 3 heteroatoms. The smallest absolute Gasteiger partial charge is 0.109 e. The summed E-state index contributed by atoms with van der Waals surface area (Å²) in [6.45, 7) is 4.08. The maximum absolute atomic E-state index is 5.44. The number of nitrogens with one attached hydrogen (secondary N) is 1. The zero-order valence-electron chi connectivity index (χ0n) is 7.63. The third-order valence-corrected chi connectivity index (χ3v) is 2.23. The Morgan fingerprint density at radius 1 is 1.64 bits per heavy atom. The van der Waals surface area contributed by atoms with Crippen LogP contribution in [0.25, 0.3) is 0 Å². The molecule has 3 nitrogen and oxygen atoms in total. The highest BCUT2D eigenvalue weighted by Gasteiger charge is 2.17. The Kier molecular flexibility index (Phi) is 3.30. The summed E-state index contributed by atoms with van der Waals surface area (Å²) in [7, 11) is 4.19. The third kappa shape index (κ3) is 2.77. The molecule has 0 saturated carbocycles. The molecule has 0 aromatic rings. The molecule has 1 aliphatic rings. The van der Waals surface area contributed by atoms with Crippen LogP contribution in [-0.2, 0) is 4.74 Å². The van der Waals surface area contributed by atoms with Crippen LogP contribution >= 0.6 is 0 Å². The molecule has 1 heterocycles. The monoisotopic (exact) mass is 158 g/mol. The molecule has 1 N–H and O–H groups in total. The minimum absolute atomic E-state index is 0.285. The number of nitrogens with zero attached hydrogens (tertiary/aromatic N) is 1. The van der Waals surface area contributed by atoms with Gasteiger partial charge in [-0.1, -0.05) is 0 Å². The fourth-order valence-corrected chi connectivity index (χ4v) is 1.15. The van der Waals surface area contributed by atoms with Crippen LogP contribution in [0.15, 0.2) is 0 Å². The summed E-state index contributed by atoms with van der Waals surface area (Å²) >= 11 is 0. The topological polar surface area (TPSA) is 24.5 Å². The molecule has 0 aromatic heterocycles. The third-order valence-electron chi connectivity index (χ3n) is 2.23. The first kappa shape index (κ1) is 8.97. The van der Waals surface area contributed by atoms with Gasteiger partial charge < -0.3 is 9.64 Å². The van der Waals surface area contributed by atoms with Crippen molar-refractivity contribution in [3.63, 3.8) is 0 Å². The van der Waals surface area contributed by atoms with E-state index in [0.29, 0.717) is 6.04 Å². The van der Waals surface area contributed by atoms with Crippen molar-refractivity contribution in [3.8, 4) is 0 Å². The first-order valence-electron chi connectivity index (χ1n) is 4.21. The average molecular weight is 158 g/mol. The van der Waals surface area contributed by atoms with E-state index in [4.69, 9.17) is 4.74 Å². The van der Waals surface area contributed by atoms with Gasteiger partial charge >= 0.3 is 0 Å². The van der Waals surface area contributed by atoms with Gasteiger partial charge in [-0.25, -0.2) is 0 Å². The molecule has 1 rings (SSSR count). The Balaban J connectivity index is 2.18. The minimum Gasteiger partial charge on any atom is -0.362 e. The van der Waals surface area contributed by atoms with E-state index in [-0.39, 0.29) is 6.23 Å². The highest BCUT2D eigenvalue weighted by atomic mass is 16.5. The van der Waals surface area contributed by atoms with E-state index in [1.165, 1.54) is 0 Å². The van der Waals surface area contributed by atoms with Gasteiger partial charge in [0.2, 0.25) is 0 Å². The molecule has 0 spiro atoms. The Morgan fingerprint density at radius 3 is 2.82 bits per heavy atom. The number of hydrogen-bond donors (Lipinski definition) is 1. The summed E-state index contributed by atoms with van der Waals surface area (Å²) in [5.41, 5.74) is 0. The first-order chi connectivity index (χ1) is 5.20. The van der Waals surface area contributed by atoms with E-state index < -0.39 is 0 Å². The van der Waals surface area contributed by atoms with Gasteiger partial charge in [0.15, 0.2) is 0 Å². The minimum atomic E-state index is 0.285. The lowest BCUT2D eigenvalue weighted by molar-refractivity contribution is 0.0738. The zero-order chi connectivity index (χ0) is 8.27. The maximum Gasteiger partial charge on any atom is 0.109 e. The van der Waals surface area contributed by atoms with Gasteiger partial charge in [0.25, 0.3) is 0 Å². The van der Waals surface area contributed by atoms with Crippen molar-refractivity contribution in [3.05, 3.63) is 0 Å². The second-order valence-corrected chi connectivity index (χ2v) is 3.36. The van der Waals surface area contributed by atoms with Crippen LogP contribution in [0.4, 0.5) is 0 Å². The number of rotatable bonds is 3. The Hall–Kier alpha value is -0.120. The predicted molar refractivity (Wildman–Crippen MR) is 45.5 cm³/mol.